The van der Waals surface area contributed by atoms with Gasteiger partial charge in [-0.25, -0.2) is 4.98 Å². The predicted molar refractivity (Wildman–Crippen MR) is 178 cm³/mol. The molecule has 0 radical (unpaired) electrons. The number of nitrogens with one attached hydrogen (secondary N) is 2. The number of benzene rings is 3. The summed E-state index contributed by atoms with van der Waals surface area (Å²) in [5, 5.41) is 21.5. The Morgan fingerprint density at radius 1 is 1.07 bits per heavy atom. The first-order valence-electron chi connectivity index (χ1n) is 14.8. The number of carbonyl (C=O) groups excluding carboxylic acids is 2. The van der Waals surface area contributed by atoms with Gasteiger partial charge in [-0.3, -0.25) is 9.59 Å². The zero-order chi connectivity index (χ0) is 31.9. The third kappa shape index (κ3) is 8.62. The van der Waals surface area contributed by atoms with Crippen LogP contribution in [0.15, 0.2) is 72.1 Å². The fourth-order valence-electron chi connectivity index (χ4n) is 5.55. The molecule has 3 aromatic carbocycles. The number of aromatic nitrogens is 1. The van der Waals surface area contributed by atoms with Crippen molar-refractivity contribution in [2.75, 3.05) is 20.2 Å². The normalized spacial score (nSPS) is 15.9. The fraction of sp³-hybridized carbons (Fsp3) is 0.324. The molecule has 1 saturated heterocycles. The van der Waals surface area contributed by atoms with Gasteiger partial charge in [-0.2, -0.15) is 0 Å². The van der Waals surface area contributed by atoms with Crippen LogP contribution >= 0.6 is 34.5 Å². The number of amides is 2. The summed E-state index contributed by atoms with van der Waals surface area (Å²) in [6.45, 7) is 3.20. The highest BCUT2D eigenvalue weighted by atomic mass is 35.5. The van der Waals surface area contributed by atoms with Gasteiger partial charge >= 0.3 is 0 Å². The predicted octanol–water partition coefficient (Wildman–Crippen LogP) is 6.24. The van der Waals surface area contributed by atoms with Gasteiger partial charge in [0.15, 0.2) is 0 Å². The molecular formula is C34H36Cl2N4O4S. The number of carbonyl (C=O) groups is 2. The van der Waals surface area contributed by atoms with Gasteiger partial charge in [-0.15, -0.1) is 11.3 Å². The lowest BCUT2D eigenvalue weighted by Gasteiger charge is -2.26. The number of aliphatic hydroxyl groups is 1. The number of nitrogens with zero attached hydrogens (tertiary/aromatic N) is 2. The highest BCUT2D eigenvalue weighted by molar-refractivity contribution is 7.09. The monoisotopic (exact) mass is 666 g/mol. The number of thiazole rings is 1. The maximum Gasteiger partial charge on any atom is 0.254 e. The van der Waals surface area contributed by atoms with Crippen LogP contribution in [0, 0.1) is 6.92 Å². The van der Waals surface area contributed by atoms with Crippen molar-refractivity contribution >= 4 is 46.4 Å². The lowest BCUT2D eigenvalue weighted by molar-refractivity contribution is 0.0735. The van der Waals surface area contributed by atoms with Crippen molar-refractivity contribution in [1.82, 2.24) is 20.5 Å². The van der Waals surface area contributed by atoms with Crippen LogP contribution in [0.4, 0.5) is 0 Å². The van der Waals surface area contributed by atoms with Crippen molar-refractivity contribution in [3.8, 4) is 5.75 Å². The minimum Gasteiger partial charge on any atom is -0.497 e. The summed E-state index contributed by atoms with van der Waals surface area (Å²) in [7, 11) is 1.50. The second kappa shape index (κ2) is 15.2. The molecule has 0 spiro atoms. The Hall–Kier alpha value is -3.47. The summed E-state index contributed by atoms with van der Waals surface area (Å²) in [5.74, 6) is -0.198. The van der Waals surface area contributed by atoms with E-state index in [9.17, 15) is 14.7 Å². The van der Waals surface area contributed by atoms with Crippen molar-refractivity contribution in [2.24, 2.45) is 0 Å². The molecule has 2 amide bonds. The van der Waals surface area contributed by atoms with E-state index in [0.717, 1.165) is 34.7 Å². The van der Waals surface area contributed by atoms with Crippen LogP contribution in [-0.4, -0.2) is 59.1 Å². The number of ether oxygens (including phenoxy) is 1. The molecule has 3 atom stereocenters. The van der Waals surface area contributed by atoms with Crippen molar-refractivity contribution in [3.63, 3.8) is 0 Å². The topological polar surface area (TPSA) is 104 Å². The Balaban J connectivity index is 1.32. The van der Waals surface area contributed by atoms with Crippen LogP contribution in [-0.2, 0) is 13.0 Å². The Morgan fingerprint density at radius 2 is 1.80 bits per heavy atom. The molecule has 45 heavy (non-hydrogen) atoms. The molecule has 1 fully saturated rings. The molecule has 0 saturated carbocycles. The third-order valence-corrected chi connectivity index (χ3v) is 9.27. The van der Waals surface area contributed by atoms with Gasteiger partial charge < -0.3 is 25.4 Å². The molecule has 3 N–H and O–H groups in total. The summed E-state index contributed by atoms with van der Waals surface area (Å²) in [5.41, 5.74) is 3.41. The molecule has 0 aliphatic carbocycles. The second-order valence-electron chi connectivity index (χ2n) is 11.2. The number of hydrogen-bond donors (Lipinski definition) is 3. The molecule has 236 valence electrons. The minimum absolute atomic E-state index is 0.0967. The first-order chi connectivity index (χ1) is 21.7. The summed E-state index contributed by atoms with van der Waals surface area (Å²) in [6, 6.07) is 19.1. The molecule has 1 aliphatic heterocycles. The molecule has 0 bridgehead atoms. The van der Waals surface area contributed by atoms with E-state index in [1.165, 1.54) is 7.11 Å². The number of methoxy groups -OCH3 is 1. The van der Waals surface area contributed by atoms with E-state index in [1.54, 1.807) is 47.7 Å². The van der Waals surface area contributed by atoms with E-state index in [2.05, 4.69) is 15.6 Å². The lowest BCUT2D eigenvalue weighted by Crippen LogP contribution is -2.48. The number of likely N-dealkylation sites (tertiary alicyclic amines) is 1. The zero-order valence-corrected chi connectivity index (χ0v) is 27.5. The second-order valence-corrected chi connectivity index (χ2v) is 12.9. The van der Waals surface area contributed by atoms with Crippen LogP contribution in [0.3, 0.4) is 0 Å². The van der Waals surface area contributed by atoms with Crippen molar-refractivity contribution in [2.45, 2.75) is 50.9 Å². The Morgan fingerprint density at radius 3 is 2.49 bits per heavy atom. The van der Waals surface area contributed by atoms with Crippen LogP contribution in [0.25, 0.3) is 0 Å². The average molecular weight is 668 g/mol. The fourth-order valence-corrected chi connectivity index (χ4v) is 7.07. The summed E-state index contributed by atoms with van der Waals surface area (Å²) in [6.07, 6.45) is 1.19. The van der Waals surface area contributed by atoms with Gasteiger partial charge in [0.1, 0.15) is 10.8 Å². The summed E-state index contributed by atoms with van der Waals surface area (Å²) in [4.78, 5) is 33.9. The standard InChI is InChI=1S/C34H36Cl2N4O4S/c1-21-20-45-33(38-21)30-9-6-10-40(30)34(43)25-14-24(15-28(16-25)44-2)32(42)39-29(13-22-7-4-3-5-8-22)31(41)19-37-18-23-11-26(35)17-27(36)12-23/h3-5,7-8,11-12,14-17,20,29-31,37,41H,6,9-10,13,18-19H2,1-2H3,(H,39,42)/t29-,30+,31-/m0/s1. The zero-order valence-electron chi connectivity index (χ0n) is 25.1. The van der Waals surface area contributed by atoms with Crippen LogP contribution in [0.2, 0.25) is 10.0 Å². The Bertz CT molecular complexity index is 1610. The van der Waals surface area contributed by atoms with E-state index < -0.39 is 18.1 Å². The molecule has 1 aromatic heterocycles. The largest absolute Gasteiger partial charge is 0.497 e. The maximum absolute atomic E-state index is 13.8. The molecule has 11 heteroatoms. The number of hydrogen-bond acceptors (Lipinski definition) is 7. The Kier molecular flexibility index (Phi) is 11.1. The van der Waals surface area contributed by atoms with E-state index >= 15 is 0 Å². The average Bonchev–Trinajstić information content (AvgIpc) is 3.69. The first kappa shape index (κ1) is 32.9. The Labute approximate surface area is 277 Å². The van der Waals surface area contributed by atoms with Gasteiger partial charge in [0, 0.05) is 51.9 Å². The highest BCUT2D eigenvalue weighted by Crippen LogP contribution is 2.35. The number of aryl methyl sites for hydroxylation is 1. The van der Waals surface area contributed by atoms with Crippen molar-refractivity contribution < 1.29 is 19.4 Å². The van der Waals surface area contributed by atoms with E-state index in [4.69, 9.17) is 27.9 Å². The molecule has 0 unspecified atom stereocenters. The van der Waals surface area contributed by atoms with E-state index in [1.807, 2.05) is 47.5 Å². The summed E-state index contributed by atoms with van der Waals surface area (Å²) < 4.78 is 5.49. The van der Waals surface area contributed by atoms with Crippen LogP contribution in [0.1, 0.15) is 61.4 Å². The van der Waals surface area contributed by atoms with Gasteiger partial charge in [0.2, 0.25) is 0 Å². The third-order valence-electron chi connectivity index (χ3n) is 7.77. The van der Waals surface area contributed by atoms with Crippen molar-refractivity contribution in [1.29, 1.82) is 0 Å². The molecule has 8 nitrogen and oxygen atoms in total. The molecule has 2 heterocycles. The number of halogens is 2. The first-order valence-corrected chi connectivity index (χ1v) is 16.4. The minimum atomic E-state index is -0.928. The van der Waals surface area contributed by atoms with Gasteiger partial charge in [-0.05, 0) is 73.7 Å². The van der Waals surface area contributed by atoms with Crippen LogP contribution in [0.5, 0.6) is 5.75 Å². The number of rotatable bonds is 12. The van der Waals surface area contributed by atoms with Gasteiger partial charge in [0.05, 0.1) is 25.3 Å². The van der Waals surface area contributed by atoms with Gasteiger partial charge in [0.25, 0.3) is 11.8 Å². The SMILES string of the molecule is COc1cc(C(=O)N[C@@H](Cc2ccccc2)[C@@H](O)CNCc2cc(Cl)cc(Cl)c2)cc(C(=O)N2CCC[C@@H]2c2nc(C)cs2)c1. The smallest absolute Gasteiger partial charge is 0.254 e. The molecule has 5 rings (SSSR count). The van der Waals surface area contributed by atoms with Crippen molar-refractivity contribution in [3.05, 3.63) is 115 Å². The van der Waals surface area contributed by atoms with Gasteiger partial charge in [-0.1, -0.05) is 53.5 Å². The van der Waals surface area contributed by atoms with Crippen LogP contribution < -0.4 is 15.4 Å². The lowest BCUT2D eigenvalue weighted by atomic mass is 10.00. The number of aliphatic hydroxyl groups excluding tert-OH is 1. The van der Waals surface area contributed by atoms with E-state index in [0.29, 0.717) is 40.9 Å². The molecule has 4 aromatic rings. The molecule has 1 aliphatic rings. The quantitative estimate of drug-likeness (QED) is 0.166. The maximum atomic E-state index is 13.8. The summed E-state index contributed by atoms with van der Waals surface area (Å²) >= 11 is 13.8. The molecular weight excluding hydrogens is 631 g/mol. The van der Waals surface area contributed by atoms with E-state index in [-0.39, 0.29) is 24.1 Å². The highest BCUT2D eigenvalue weighted by Gasteiger charge is 2.33.